The molecule has 2 saturated heterocycles. The first-order valence-corrected chi connectivity index (χ1v) is 11.8. The molecule has 2 unspecified atom stereocenters. The highest BCUT2D eigenvalue weighted by atomic mass is 16.2. The Hall–Kier alpha value is -1.14. The van der Waals surface area contributed by atoms with Gasteiger partial charge < -0.3 is 10.0 Å². The molecule has 0 amide bonds. The number of aliphatic hydroxyl groups is 1. The standard InChI is InChI=1S/C24H42N4O/c1-2-3-7-24(22-29)21-28-18-14-25-10-11-26(15-19-28)13-17-27(16-12-25)20-23-8-5-4-6-9-23/h2-3,7,22-23,29H,1,4-6,8-21H2/b7-3-,24-22-. The van der Waals surface area contributed by atoms with E-state index in [0.29, 0.717) is 0 Å². The average Bonchev–Trinajstić information content (AvgIpc) is 2.90. The van der Waals surface area contributed by atoms with Crippen LogP contribution in [0.1, 0.15) is 32.1 Å². The van der Waals surface area contributed by atoms with E-state index in [1.165, 1.54) is 84.2 Å². The van der Waals surface area contributed by atoms with Gasteiger partial charge in [-0.2, -0.15) is 0 Å². The Balaban J connectivity index is 1.56. The van der Waals surface area contributed by atoms with Crippen molar-refractivity contribution in [2.75, 3.05) is 78.5 Å². The molecule has 1 N–H and O–H groups in total. The molecule has 1 saturated carbocycles. The predicted octanol–water partition coefficient (Wildman–Crippen LogP) is 2.99. The fourth-order valence-electron chi connectivity index (χ4n) is 4.97. The van der Waals surface area contributed by atoms with Crippen LogP contribution >= 0.6 is 0 Å². The maximum absolute atomic E-state index is 9.57. The van der Waals surface area contributed by atoms with E-state index in [1.807, 2.05) is 12.2 Å². The summed E-state index contributed by atoms with van der Waals surface area (Å²) in [5, 5.41) is 9.57. The van der Waals surface area contributed by atoms with Crippen LogP contribution in [-0.2, 0) is 0 Å². The van der Waals surface area contributed by atoms with Crippen molar-refractivity contribution in [3.63, 3.8) is 0 Å². The van der Waals surface area contributed by atoms with E-state index < -0.39 is 0 Å². The minimum atomic E-state index is 0.802. The van der Waals surface area contributed by atoms with Gasteiger partial charge in [0.15, 0.2) is 0 Å². The van der Waals surface area contributed by atoms with Crippen LogP contribution in [0.25, 0.3) is 0 Å². The van der Waals surface area contributed by atoms with Gasteiger partial charge in [0.25, 0.3) is 0 Å². The SMILES string of the molecule is C=C/C=C\C(=C\O)CN1CCN2CCN(CC1)CCN(CC1CCCCC1)CC2. The maximum atomic E-state index is 9.57. The number of allylic oxidation sites excluding steroid dienone is 2. The van der Waals surface area contributed by atoms with Crippen molar-refractivity contribution in [3.8, 4) is 0 Å². The zero-order valence-corrected chi connectivity index (χ0v) is 18.4. The van der Waals surface area contributed by atoms with Crippen LogP contribution in [0, 0.1) is 5.92 Å². The summed E-state index contributed by atoms with van der Waals surface area (Å²) in [5.74, 6) is 0.933. The topological polar surface area (TPSA) is 33.2 Å². The highest BCUT2D eigenvalue weighted by molar-refractivity contribution is 5.21. The monoisotopic (exact) mass is 402 g/mol. The Morgan fingerprint density at radius 3 is 1.90 bits per heavy atom. The van der Waals surface area contributed by atoms with Crippen LogP contribution in [0.2, 0.25) is 0 Å². The molecule has 29 heavy (non-hydrogen) atoms. The quantitative estimate of drug-likeness (QED) is 0.546. The molecule has 5 nitrogen and oxygen atoms in total. The lowest BCUT2D eigenvalue weighted by Gasteiger charge is -2.33. The molecule has 3 fully saturated rings. The van der Waals surface area contributed by atoms with Gasteiger partial charge in [0.05, 0.1) is 6.26 Å². The van der Waals surface area contributed by atoms with E-state index in [9.17, 15) is 5.11 Å². The molecular weight excluding hydrogens is 360 g/mol. The van der Waals surface area contributed by atoms with E-state index in [4.69, 9.17) is 0 Å². The van der Waals surface area contributed by atoms with E-state index in [1.54, 1.807) is 6.08 Å². The molecule has 164 valence electrons. The second-order valence-corrected chi connectivity index (χ2v) is 9.06. The van der Waals surface area contributed by atoms with Crippen LogP contribution < -0.4 is 0 Å². The molecule has 3 rings (SSSR count). The number of nitrogens with zero attached hydrogens (tertiary/aromatic N) is 4. The number of hydrogen-bond donors (Lipinski definition) is 1. The summed E-state index contributed by atoms with van der Waals surface area (Å²) in [7, 11) is 0. The van der Waals surface area contributed by atoms with Crippen molar-refractivity contribution in [1.82, 2.24) is 19.6 Å². The molecule has 5 heteroatoms. The summed E-state index contributed by atoms with van der Waals surface area (Å²) in [6.07, 6.45) is 14.1. The van der Waals surface area contributed by atoms with Gasteiger partial charge in [-0.1, -0.05) is 44.1 Å². The summed E-state index contributed by atoms with van der Waals surface area (Å²) < 4.78 is 0. The zero-order chi connectivity index (χ0) is 20.3. The summed E-state index contributed by atoms with van der Waals surface area (Å²) >= 11 is 0. The van der Waals surface area contributed by atoms with Crippen LogP contribution in [-0.4, -0.2) is 103 Å². The molecule has 2 heterocycles. The van der Waals surface area contributed by atoms with E-state index in [2.05, 4.69) is 26.2 Å². The maximum Gasteiger partial charge on any atom is 0.0836 e. The van der Waals surface area contributed by atoms with E-state index >= 15 is 0 Å². The van der Waals surface area contributed by atoms with Gasteiger partial charge >= 0.3 is 0 Å². The third kappa shape index (κ3) is 7.89. The number of fused-ring (bicyclic) bond motifs is 3. The third-order valence-corrected chi connectivity index (χ3v) is 6.92. The number of hydrogen-bond acceptors (Lipinski definition) is 5. The fraction of sp³-hybridized carbons (Fsp3) is 0.750. The Kier molecular flexibility index (Phi) is 9.74. The smallest absolute Gasteiger partial charge is 0.0836 e. The van der Waals surface area contributed by atoms with Crippen molar-refractivity contribution in [1.29, 1.82) is 0 Å². The van der Waals surface area contributed by atoms with Crippen molar-refractivity contribution in [2.24, 2.45) is 5.92 Å². The normalized spacial score (nSPS) is 29.6. The Bertz CT molecular complexity index is 521. The fourth-order valence-corrected chi connectivity index (χ4v) is 4.97. The van der Waals surface area contributed by atoms with Crippen LogP contribution in [0.3, 0.4) is 0 Å². The van der Waals surface area contributed by atoms with Gasteiger partial charge in [0.1, 0.15) is 0 Å². The molecule has 2 atom stereocenters. The van der Waals surface area contributed by atoms with Gasteiger partial charge in [-0.25, -0.2) is 0 Å². The Labute approximate surface area is 178 Å². The zero-order valence-electron chi connectivity index (χ0n) is 18.4. The molecule has 0 aromatic carbocycles. The molecule has 2 bridgehead atoms. The lowest BCUT2D eigenvalue weighted by Crippen LogP contribution is -2.43. The van der Waals surface area contributed by atoms with Crippen LogP contribution in [0.15, 0.2) is 36.6 Å². The van der Waals surface area contributed by atoms with Gasteiger partial charge in [0, 0.05) is 84.1 Å². The second-order valence-electron chi connectivity index (χ2n) is 9.06. The first-order valence-electron chi connectivity index (χ1n) is 11.8. The van der Waals surface area contributed by atoms with E-state index in [-0.39, 0.29) is 0 Å². The molecular formula is C24H42N4O. The number of rotatable bonds is 6. The molecule has 0 aromatic rings. The summed E-state index contributed by atoms with van der Waals surface area (Å²) in [6.45, 7) is 17.4. The van der Waals surface area contributed by atoms with Crippen molar-refractivity contribution in [2.45, 2.75) is 32.1 Å². The molecule has 1 aliphatic carbocycles. The Morgan fingerprint density at radius 2 is 1.34 bits per heavy atom. The van der Waals surface area contributed by atoms with Crippen LogP contribution in [0.5, 0.6) is 0 Å². The molecule has 0 radical (unpaired) electrons. The largest absolute Gasteiger partial charge is 0.515 e. The Morgan fingerprint density at radius 1 is 0.793 bits per heavy atom. The van der Waals surface area contributed by atoms with Crippen LogP contribution in [0.4, 0.5) is 0 Å². The summed E-state index contributed by atoms with van der Waals surface area (Å²) in [4.78, 5) is 10.6. The lowest BCUT2D eigenvalue weighted by molar-refractivity contribution is 0.155. The minimum Gasteiger partial charge on any atom is -0.515 e. The summed E-state index contributed by atoms with van der Waals surface area (Å²) in [5.41, 5.74) is 0.952. The first kappa shape index (κ1) is 22.5. The predicted molar refractivity (Wildman–Crippen MR) is 122 cm³/mol. The third-order valence-electron chi connectivity index (χ3n) is 6.92. The van der Waals surface area contributed by atoms with Gasteiger partial charge in [-0.3, -0.25) is 14.7 Å². The average molecular weight is 403 g/mol. The van der Waals surface area contributed by atoms with Gasteiger partial charge in [0.2, 0.25) is 0 Å². The molecule has 0 spiro atoms. The van der Waals surface area contributed by atoms with Crippen molar-refractivity contribution in [3.05, 3.63) is 36.6 Å². The highest BCUT2D eigenvalue weighted by Crippen LogP contribution is 2.24. The molecule has 2 aliphatic heterocycles. The highest BCUT2D eigenvalue weighted by Gasteiger charge is 2.22. The van der Waals surface area contributed by atoms with E-state index in [0.717, 1.165) is 44.2 Å². The molecule has 3 aliphatic rings. The second kappa shape index (κ2) is 12.5. The number of aliphatic hydroxyl groups excluding tert-OH is 1. The van der Waals surface area contributed by atoms with Gasteiger partial charge in [-0.15, -0.1) is 0 Å². The molecule has 0 aromatic heterocycles. The van der Waals surface area contributed by atoms with Gasteiger partial charge in [-0.05, 0) is 18.8 Å². The minimum absolute atomic E-state index is 0.802. The van der Waals surface area contributed by atoms with Crippen molar-refractivity contribution >= 4 is 0 Å². The lowest BCUT2D eigenvalue weighted by atomic mass is 9.89. The first-order chi connectivity index (χ1) is 14.3. The van der Waals surface area contributed by atoms with Crippen molar-refractivity contribution < 1.29 is 5.11 Å². The summed E-state index contributed by atoms with van der Waals surface area (Å²) in [6, 6.07) is 0.